The summed E-state index contributed by atoms with van der Waals surface area (Å²) < 4.78 is 52.2. The molecule has 0 unspecified atom stereocenters. The number of carbonyl (C=O) groups excluding carboxylic acids is 1. The van der Waals surface area contributed by atoms with E-state index >= 15 is 0 Å². The summed E-state index contributed by atoms with van der Waals surface area (Å²) in [7, 11) is 2.43. The lowest BCUT2D eigenvalue weighted by Gasteiger charge is -2.20. The molecule has 0 radical (unpaired) electrons. The number of carboxylic acids is 1. The molecule has 1 N–H and O–H groups in total. The molecule has 3 aromatic carbocycles. The Labute approximate surface area is 185 Å². The maximum atomic E-state index is 13.8. The summed E-state index contributed by atoms with van der Waals surface area (Å²) >= 11 is 0.592. The summed E-state index contributed by atoms with van der Waals surface area (Å²) in [5.41, 5.74) is -0.975. The smallest absolute Gasteiger partial charge is 0.420 e. The molecule has 6 nitrogen and oxygen atoms in total. The lowest BCUT2D eigenvalue weighted by molar-refractivity contribution is -0.138. The van der Waals surface area contributed by atoms with Gasteiger partial charge in [0.25, 0.3) is 5.24 Å². The SMILES string of the molecule is COc1ccc2c(SC(=O)N(C)CC(=O)O)c(Oc3ccccc3)ccc2c1C(F)(F)F. The fourth-order valence-electron chi connectivity index (χ4n) is 3.03. The molecule has 0 aliphatic rings. The summed E-state index contributed by atoms with van der Waals surface area (Å²) in [4.78, 5) is 24.6. The Bertz CT molecular complexity index is 1150. The molecule has 0 saturated heterocycles. The van der Waals surface area contributed by atoms with E-state index in [1.54, 1.807) is 30.3 Å². The molecule has 0 aliphatic heterocycles. The number of ether oxygens (including phenoxy) is 2. The first-order chi connectivity index (χ1) is 15.1. The number of aliphatic carboxylic acids is 1. The first-order valence-corrected chi connectivity index (χ1v) is 10.0. The summed E-state index contributed by atoms with van der Waals surface area (Å²) in [5, 5.41) is 8.22. The van der Waals surface area contributed by atoms with E-state index in [0.717, 1.165) is 12.0 Å². The highest BCUT2D eigenvalue weighted by Gasteiger charge is 2.37. The molecule has 0 atom stereocenters. The van der Waals surface area contributed by atoms with E-state index in [-0.39, 0.29) is 27.2 Å². The molecule has 0 bridgehead atoms. The number of para-hydroxylation sites is 1. The predicted octanol–water partition coefficient (Wildman–Crippen LogP) is 5.89. The van der Waals surface area contributed by atoms with Crippen LogP contribution in [-0.2, 0) is 11.0 Å². The lowest BCUT2D eigenvalue weighted by atomic mass is 10.0. The van der Waals surface area contributed by atoms with Gasteiger partial charge in [0, 0.05) is 12.4 Å². The summed E-state index contributed by atoms with van der Waals surface area (Å²) in [6.07, 6.45) is -4.71. The highest BCUT2D eigenvalue weighted by atomic mass is 32.2. The van der Waals surface area contributed by atoms with E-state index in [1.165, 1.54) is 31.3 Å². The second kappa shape index (κ2) is 9.39. The van der Waals surface area contributed by atoms with E-state index in [9.17, 15) is 22.8 Å². The van der Waals surface area contributed by atoms with Gasteiger partial charge < -0.3 is 19.5 Å². The van der Waals surface area contributed by atoms with Crippen molar-refractivity contribution < 1.29 is 37.3 Å². The second-order valence-corrected chi connectivity index (χ2v) is 7.62. The first-order valence-electron chi connectivity index (χ1n) is 9.20. The van der Waals surface area contributed by atoms with E-state index in [1.807, 2.05) is 0 Å². The normalized spacial score (nSPS) is 11.3. The molecule has 168 valence electrons. The van der Waals surface area contributed by atoms with Crippen molar-refractivity contribution in [2.45, 2.75) is 11.1 Å². The zero-order chi connectivity index (χ0) is 23.5. The number of carbonyl (C=O) groups is 2. The minimum atomic E-state index is -4.71. The third-order valence-electron chi connectivity index (χ3n) is 4.42. The van der Waals surface area contributed by atoms with Crippen molar-refractivity contribution in [1.82, 2.24) is 4.90 Å². The van der Waals surface area contributed by atoms with Crippen molar-refractivity contribution >= 4 is 33.7 Å². The van der Waals surface area contributed by atoms with E-state index in [0.29, 0.717) is 17.5 Å². The van der Waals surface area contributed by atoms with Gasteiger partial charge in [0.05, 0.1) is 12.0 Å². The maximum Gasteiger partial charge on any atom is 0.420 e. The number of hydrogen-bond donors (Lipinski definition) is 1. The summed E-state index contributed by atoms with van der Waals surface area (Å²) in [6.45, 7) is -0.562. The van der Waals surface area contributed by atoms with E-state index in [2.05, 4.69) is 0 Å². The third kappa shape index (κ3) is 5.08. The molecule has 0 aliphatic carbocycles. The second-order valence-electron chi connectivity index (χ2n) is 6.66. The largest absolute Gasteiger partial charge is 0.496 e. The van der Waals surface area contributed by atoms with Crippen LogP contribution in [0.2, 0.25) is 0 Å². The maximum absolute atomic E-state index is 13.8. The van der Waals surface area contributed by atoms with Crippen LogP contribution < -0.4 is 9.47 Å². The van der Waals surface area contributed by atoms with Crippen LogP contribution in [0.15, 0.2) is 59.5 Å². The van der Waals surface area contributed by atoms with Crippen molar-refractivity contribution in [1.29, 1.82) is 0 Å². The number of hydrogen-bond acceptors (Lipinski definition) is 5. The van der Waals surface area contributed by atoms with Gasteiger partial charge in [0.1, 0.15) is 29.4 Å². The standard InChI is InChI=1S/C22H18F3NO5S/c1-26(12-18(27)28)21(29)32-20-15-9-10-16(30-2)19(22(23,24)25)14(15)8-11-17(20)31-13-6-4-3-5-7-13/h3-11H,12H2,1-2H3,(H,27,28). The Morgan fingerprint density at radius 2 is 1.62 bits per heavy atom. The van der Waals surface area contributed by atoms with Crippen molar-refractivity contribution in [3.05, 3.63) is 60.2 Å². The van der Waals surface area contributed by atoms with Crippen LogP contribution in [0.4, 0.5) is 18.0 Å². The van der Waals surface area contributed by atoms with Crippen molar-refractivity contribution in [3.8, 4) is 17.2 Å². The molecule has 32 heavy (non-hydrogen) atoms. The van der Waals surface area contributed by atoms with Crippen LogP contribution in [0.3, 0.4) is 0 Å². The lowest BCUT2D eigenvalue weighted by Crippen LogP contribution is -2.28. The van der Waals surface area contributed by atoms with Crippen molar-refractivity contribution in [2.75, 3.05) is 20.7 Å². The van der Waals surface area contributed by atoms with Gasteiger partial charge in [-0.3, -0.25) is 9.59 Å². The molecular formula is C22H18F3NO5S. The third-order valence-corrected chi connectivity index (χ3v) is 5.54. The van der Waals surface area contributed by atoms with Crippen LogP contribution >= 0.6 is 11.8 Å². The minimum Gasteiger partial charge on any atom is -0.496 e. The number of methoxy groups -OCH3 is 1. The van der Waals surface area contributed by atoms with Crippen molar-refractivity contribution in [3.63, 3.8) is 0 Å². The average molecular weight is 465 g/mol. The molecule has 0 spiro atoms. The number of nitrogens with zero attached hydrogens (tertiary/aromatic N) is 1. The first kappa shape index (κ1) is 23.3. The Kier molecular flexibility index (Phi) is 6.83. The highest BCUT2D eigenvalue weighted by Crippen LogP contribution is 2.46. The Balaban J connectivity index is 2.19. The van der Waals surface area contributed by atoms with Crippen molar-refractivity contribution in [2.24, 2.45) is 0 Å². The molecule has 0 aromatic heterocycles. The van der Waals surface area contributed by atoms with Gasteiger partial charge in [-0.2, -0.15) is 13.2 Å². The number of likely N-dealkylation sites (N-methyl/N-ethyl adjacent to an activating group) is 1. The van der Waals surface area contributed by atoms with Gasteiger partial charge in [-0.1, -0.05) is 18.2 Å². The van der Waals surface area contributed by atoms with Crippen LogP contribution in [0.1, 0.15) is 5.56 Å². The average Bonchev–Trinajstić information content (AvgIpc) is 2.73. The Morgan fingerprint density at radius 1 is 1.00 bits per heavy atom. The molecule has 0 heterocycles. The summed E-state index contributed by atoms with van der Waals surface area (Å²) in [5.74, 6) is -0.995. The number of benzene rings is 3. The van der Waals surface area contributed by atoms with Gasteiger partial charge in [-0.15, -0.1) is 0 Å². The number of halogens is 3. The molecule has 0 fully saturated rings. The van der Waals surface area contributed by atoms with Gasteiger partial charge >= 0.3 is 12.1 Å². The Morgan fingerprint density at radius 3 is 2.22 bits per heavy atom. The van der Waals surface area contributed by atoms with Crippen LogP contribution in [0.25, 0.3) is 10.8 Å². The van der Waals surface area contributed by atoms with E-state index < -0.39 is 29.5 Å². The fraction of sp³-hybridized carbons (Fsp3) is 0.182. The molecule has 10 heteroatoms. The number of thioether (sulfide) groups is 1. The number of rotatable bonds is 6. The Hall–Kier alpha value is -3.40. The molecule has 3 rings (SSSR count). The van der Waals surface area contributed by atoms with Gasteiger partial charge in [0.2, 0.25) is 0 Å². The quantitative estimate of drug-likeness (QED) is 0.458. The zero-order valence-electron chi connectivity index (χ0n) is 17.0. The highest BCUT2D eigenvalue weighted by molar-refractivity contribution is 8.13. The van der Waals surface area contributed by atoms with Gasteiger partial charge in [-0.25, -0.2) is 0 Å². The number of fused-ring (bicyclic) bond motifs is 1. The monoisotopic (exact) mass is 465 g/mol. The molecule has 0 saturated carbocycles. The van der Waals surface area contributed by atoms with Gasteiger partial charge in [-0.05, 0) is 53.5 Å². The number of alkyl halides is 3. The summed E-state index contributed by atoms with van der Waals surface area (Å²) in [6, 6.07) is 13.7. The molecule has 3 aromatic rings. The topological polar surface area (TPSA) is 76.1 Å². The number of amides is 1. The number of carboxylic acid groups (broad SMARTS) is 1. The molecule has 1 amide bonds. The fourth-order valence-corrected chi connectivity index (χ4v) is 3.93. The van der Waals surface area contributed by atoms with Crippen LogP contribution in [-0.4, -0.2) is 41.9 Å². The van der Waals surface area contributed by atoms with Crippen LogP contribution in [0, 0.1) is 0 Å². The van der Waals surface area contributed by atoms with Crippen LogP contribution in [0.5, 0.6) is 17.2 Å². The predicted molar refractivity (Wildman–Crippen MR) is 114 cm³/mol. The zero-order valence-corrected chi connectivity index (χ0v) is 17.8. The minimum absolute atomic E-state index is 0.119. The molecular weight excluding hydrogens is 447 g/mol. The van der Waals surface area contributed by atoms with E-state index in [4.69, 9.17) is 14.6 Å². The van der Waals surface area contributed by atoms with Gasteiger partial charge in [0.15, 0.2) is 0 Å².